The van der Waals surface area contributed by atoms with E-state index < -0.39 is 0 Å². The van der Waals surface area contributed by atoms with Gasteiger partial charge in [0, 0.05) is 31.5 Å². The molecule has 3 aromatic rings. The maximum absolute atomic E-state index is 12.7. The Kier molecular flexibility index (Phi) is 3.09. The number of rotatable bonds is 3. The Hall–Kier alpha value is -2.57. The van der Waals surface area contributed by atoms with Gasteiger partial charge in [-0.1, -0.05) is 6.08 Å². The fourth-order valence-corrected chi connectivity index (χ4v) is 2.96. The first-order valence-electron chi connectivity index (χ1n) is 7.18. The summed E-state index contributed by atoms with van der Waals surface area (Å²) >= 11 is 0. The fourth-order valence-electron chi connectivity index (χ4n) is 2.96. The van der Waals surface area contributed by atoms with Crippen molar-refractivity contribution in [1.29, 1.82) is 0 Å². The summed E-state index contributed by atoms with van der Waals surface area (Å²) in [6, 6.07) is 0.210. The number of aryl methyl sites for hydroxylation is 2. The van der Waals surface area contributed by atoms with Crippen molar-refractivity contribution in [1.82, 2.24) is 23.1 Å². The minimum atomic E-state index is -0.383. The minimum absolute atomic E-state index is 0.179. The van der Waals surface area contributed by atoms with E-state index in [1.807, 2.05) is 17.7 Å². The Labute approximate surface area is 126 Å². The highest BCUT2D eigenvalue weighted by Crippen LogP contribution is 2.19. The van der Waals surface area contributed by atoms with Crippen molar-refractivity contribution in [3.63, 3.8) is 0 Å². The molecule has 0 spiro atoms. The highest BCUT2D eigenvalue weighted by atomic mass is 16.2. The Morgan fingerprint density at radius 1 is 1.36 bits per heavy atom. The van der Waals surface area contributed by atoms with E-state index in [9.17, 15) is 9.59 Å². The number of hydrogen-bond acceptors (Lipinski definition) is 3. The lowest BCUT2D eigenvalue weighted by Gasteiger charge is -2.08. The quantitative estimate of drug-likeness (QED) is 0.683. The van der Waals surface area contributed by atoms with Gasteiger partial charge in [0.1, 0.15) is 0 Å². The lowest BCUT2D eigenvalue weighted by Crippen LogP contribution is -2.39. The molecule has 0 saturated heterocycles. The van der Waals surface area contributed by atoms with Crippen LogP contribution in [0.25, 0.3) is 16.9 Å². The third-order valence-corrected chi connectivity index (χ3v) is 3.90. The molecule has 0 aromatic carbocycles. The van der Waals surface area contributed by atoms with Gasteiger partial charge in [-0.2, -0.15) is 4.98 Å². The molecule has 0 N–H and O–H groups in total. The summed E-state index contributed by atoms with van der Waals surface area (Å²) in [5, 5.41) is 0. The van der Waals surface area contributed by atoms with Crippen LogP contribution in [0.3, 0.4) is 0 Å². The summed E-state index contributed by atoms with van der Waals surface area (Å²) in [5.74, 6) is 0.672. The fraction of sp³-hybridized carbons (Fsp3) is 0.400. The van der Waals surface area contributed by atoms with Crippen molar-refractivity contribution in [2.45, 2.75) is 33.4 Å². The first-order valence-corrected chi connectivity index (χ1v) is 7.18. The lowest BCUT2D eigenvalue weighted by molar-refractivity contribution is 0.601. The smallest absolute Gasteiger partial charge is 0.312 e. The average Bonchev–Trinajstić information content (AvgIpc) is 2.95. The third-order valence-electron chi connectivity index (χ3n) is 3.90. The number of nitrogens with zero attached hydrogens (tertiary/aromatic N) is 5. The second-order valence-corrected chi connectivity index (χ2v) is 5.73. The Balaban J connectivity index is 2.57. The van der Waals surface area contributed by atoms with Gasteiger partial charge in [0.2, 0.25) is 5.78 Å². The lowest BCUT2D eigenvalue weighted by atomic mass is 10.3. The van der Waals surface area contributed by atoms with Crippen LogP contribution >= 0.6 is 0 Å². The highest BCUT2D eigenvalue weighted by Gasteiger charge is 2.20. The summed E-state index contributed by atoms with van der Waals surface area (Å²) in [6.07, 6.45) is 3.42. The van der Waals surface area contributed by atoms with E-state index in [1.165, 1.54) is 15.2 Å². The maximum Gasteiger partial charge on any atom is 0.332 e. The summed E-state index contributed by atoms with van der Waals surface area (Å²) in [4.78, 5) is 29.5. The zero-order chi connectivity index (χ0) is 16.2. The summed E-state index contributed by atoms with van der Waals surface area (Å²) in [7, 11) is 1.63. The van der Waals surface area contributed by atoms with Crippen molar-refractivity contribution in [3.05, 3.63) is 45.4 Å². The van der Waals surface area contributed by atoms with E-state index in [1.54, 1.807) is 11.4 Å². The second-order valence-electron chi connectivity index (χ2n) is 5.73. The van der Waals surface area contributed by atoms with Crippen LogP contribution in [0.4, 0.5) is 0 Å². The van der Waals surface area contributed by atoms with Crippen LogP contribution in [0, 0.1) is 6.92 Å². The third kappa shape index (κ3) is 1.71. The molecule has 0 aliphatic carbocycles. The van der Waals surface area contributed by atoms with E-state index in [0.717, 1.165) is 5.69 Å². The molecule has 0 radical (unpaired) electrons. The number of fused-ring (bicyclic) bond motifs is 3. The van der Waals surface area contributed by atoms with Gasteiger partial charge in [-0.15, -0.1) is 6.58 Å². The summed E-state index contributed by atoms with van der Waals surface area (Å²) in [6.45, 7) is 9.87. The van der Waals surface area contributed by atoms with E-state index in [-0.39, 0.29) is 23.8 Å². The molecule has 7 heteroatoms. The molecular formula is C15H19N5O2. The monoisotopic (exact) mass is 301 g/mol. The van der Waals surface area contributed by atoms with Crippen LogP contribution in [0.5, 0.6) is 0 Å². The van der Waals surface area contributed by atoms with Crippen LogP contribution in [-0.2, 0) is 13.6 Å². The molecule has 0 fully saturated rings. The largest absolute Gasteiger partial charge is 0.332 e. The van der Waals surface area contributed by atoms with Crippen LogP contribution in [-0.4, -0.2) is 23.1 Å². The summed E-state index contributed by atoms with van der Waals surface area (Å²) in [5.41, 5.74) is 1.11. The first-order chi connectivity index (χ1) is 10.4. The van der Waals surface area contributed by atoms with Gasteiger partial charge in [-0.25, -0.2) is 4.79 Å². The standard InChI is InChI=1S/C15H19N5O2/c1-6-7-18-13(21)11-12(17(5)15(18)22)16-14-19(11)8-10(4)20(14)9(2)3/h6,8-9H,1,7H2,2-5H3. The molecule has 0 aliphatic heterocycles. The summed E-state index contributed by atoms with van der Waals surface area (Å²) < 4.78 is 6.40. The SMILES string of the molecule is C=CCn1c(=O)c2c(nc3n(C(C)C)c(C)cn23)n(C)c1=O. The molecule has 3 rings (SSSR count). The van der Waals surface area contributed by atoms with Gasteiger partial charge in [0.05, 0.1) is 0 Å². The van der Waals surface area contributed by atoms with E-state index >= 15 is 0 Å². The number of aromatic nitrogens is 5. The number of hydrogen-bond donors (Lipinski definition) is 0. The average molecular weight is 301 g/mol. The van der Waals surface area contributed by atoms with Crippen LogP contribution in [0.15, 0.2) is 28.4 Å². The second kappa shape index (κ2) is 4.72. The highest BCUT2D eigenvalue weighted by molar-refractivity contribution is 5.75. The topological polar surface area (TPSA) is 66.2 Å². The molecule has 3 heterocycles. The van der Waals surface area contributed by atoms with Crippen LogP contribution in [0.1, 0.15) is 25.6 Å². The van der Waals surface area contributed by atoms with Crippen molar-refractivity contribution < 1.29 is 0 Å². The predicted molar refractivity (Wildman–Crippen MR) is 85.5 cm³/mol. The predicted octanol–water partition coefficient (Wildman–Crippen LogP) is 1.22. The molecule has 7 nitrogen and oxygen atoms in total. The van der Waals surface area contributed by atoms with Crippen LogP contribution in [0.2, 0.25) is 0 Å². The molecule has 0 atom stereocenters. The molecule has 0 aliphatic rings. The van der Waals surface area contributed by atoms with Crippen molar-refractivity contribution >= 4 is 16.9 Å². The van der Waals surface area contributed by atoms with E-state index in [2.05, 4.69) is 25.4 Å². The molecule has 0 unspecified atom stereocenters. The Morgan fingerprint density at radius 3 is 2.64 bits per heavy atom. The van der Waals surface area contributed by atoms with Crippen molar-refractivity contribution in [2.24, 2.45) is 7.05 Å². The van der Waals surface area contributed by atoms with Crippen molar-refractivity contribution in [2.75, 3.05) is 0 Å². The van der Waals surface area contributed by atoms with E-state index in [0.29, 0.717) is 16.9 Å². The molecule has 0 bridgehead atoms. The van der Waals surface area contributed by atoms with Gasteiger partial charge in [0.25, 0.3) is 5.56 Å². The maximum atomic E-state index is 12.7. The van der Waals surface area contributed by atoms with Crippen LogP contribution < -0.4 is 11.2 Å². The van der Waals surface area contributed by atoms with E-state index in [4.69, 9.17) is 0 Å². The molecule has 0 amide bonds. The van der Waals surface area contributed by atoms with Gasteiger partial charge in [0.15, 0.2) is 11.2 Å². The number of imidazole rings is 2. The van der Waals surface area contributed by atoms with Gasteiger partial charge in [-0.05, 0) is 20.8 Å². The Morgan fingerprint density at radius 2 is 2.05 bits per heavy atom. The zero-order valence-corrected chi connectivity index (χ0v) is 13.2. The molecule has 22 heavy (non-hydrogen) atoms. The Bertz CT molecular complexity index is 1010. The van der Waals surface area contributed by atoms with Crippen molar-refractivity contribution in [3.8, 4) is 0 Å². The normalized spacial score (nSPS) is 11.9. The minimum Gasteiger partial charge on any atom is -0.312 e. The molecule has 0 saturated carbocycles. The van der Waals surface area contributed by atoms with Gasteiger partial charge < -0.3 is 4.57 Å². The van der Waals surface area contributed by atoms with Gasteiger partial charge in [-0.3, -0.25) is 18.3 Å². The van der Waals surface area contributed by atoms with Gasteiger partial charge >= 0.3 is 5.69 Å². The molecule has 116 valence electrons. The molecular weight excluding hydrogens is 282 g/mol. The first kappa shape index (κ1) is 14.4. The molecule has 3 aromatic heterocycles. The number of allylic oxidation sites excluding steroid dienone is 1. The zero-order valence-electron chi connectivity index (χ0n) is 13.2.